The lowest BCUT2D eigenvalue weighted by atomic mass is 10.2. The van der Waals surface area contributed by atoms with Crippen molar-refractivity contribution in [1.29, 1.82) is 0 Å². The van der Waals surface area contributed by atoms with Crippen LogP contribution in [0.5, 0.6) is 0 Å². The Kier molecular flexibility index (Phi) is 5.60. The lowest BCUT2D eigenvalue weighted by Gasteiger charge is -1.98. The van der Waals surface area contributed by atoms with Crippen LogP contribution in [0, 0.1) is 10.1 Å². The van der Waals surface area contributed by atoms with Crippen LogP contribution in [-0.4, -0.2) is 11.1 Å². The lowest BCUT2D eigenvalue weighted by molar-refractivity contribution is -0.385. The van der Waals surface area contributed by atoms with Crippen molar-refractivity contribution in [3.05, 3.63) is 92.9 Å². The van der Waals surface area contributed by atoms with E-state index in [1.807, 2.05) is 54.6 Å². The third-order valence-electron chi connectivity index (χ3n) is 3.42. The van der Waals surface area contributed by atoms with Crippen molar-refractivity contribution in [2.75, 3.05) is 0 Å². The molecule has 0 fully saturated rings. The highest BCUT2D eigenvalue weighted by molar-refractivity contribution is 9.10. The molecular formula is C19H13BrN4O2. The average molecular weight is 409 g/mol. The summed E-state index contributed by atoms with van der Waals surface area (Å²) in [6, 6.07) is 21.6. The van der Waals surface area contributed by atoms with Crippen molar-refractivity contribution in [1.82, 2.24) is 0 Å². The minimum Gasteiger partial charge on any atom is -0.258 e. The normalized spacial score (nSPS) is 11.3. The van der Waals surface area contributed by atoms with Gasteiger partial charge in [0.2, 0.25) is 0 Å². The molecule has 3 rings (SSSR count). The van der Waals surface area contributed by atoms with Crippen LogP contribution in [-0.2, 0) is 0 Å². The van der Waals surface area contributed by atoms with Crippen LogP contribution in [0.2, 0.25) is 0 Å². The molecule has 3 aromatic rings. The van der Waals surface area contributed by atoms with Gasteiger partial charge >= 0.3 is 0 Å². The maximum absolute atomic E-state index is 11.0. The molecule has 26 heavy (non-hydrogen) atoms. The molecule has 0 saturated carbocycles. The number of benzene rings is 3. The maximum Gasteiger partial charge on any atom is 0.284 e. The zero-order valence-corrected chi connectivity index (χ0v) is 15.1. The summed E-state index contributed by atoms with van der Waals surface area (Å²) < 4.78 is 0.438. The van der Waals surface area contributed by atoms with E-state index in [-0.39, 0.29) is 5.69 Å². The Labute approximate surface area is 158 Å². The topological polar surface area (TPSA) is 80.2 Å². The molecule has 0 amide bonds. The van der Waals surface area contributed by atoms with Crippen LogP contribution in [0.15, 0.2) is 92.5 Å². The summed E-state index contributed by atoms with van der Waals surface area (Å²) in [5, 5.41) is 19.3. The molecule has 0 bridgehead atoms. The van der Waals surface area contributed by atoms with E-state index < -0.39 is 4.92 Å². The SMILES string of the molecule is O=[N+]([O-])c1cc(C=Nc2ccc(N=Nc3ccccc3)cc2)ccc1Br. The second-order valence-corrected chi connectivity index (χ2v) is 6.13. The van der Waals surface area contributed by atoms with Gasteiger partial charge in [0, 0.05) is 12.3 Å². The number of azo groups is 1. The first-order valence-electron chi connectivity index (χ1n) is 7.67. The number of nitro groups is 1. The molecule has 0 aliphatic rings. The molecule has 0 unspecified atom stereocenters. The standard InChI is InChI=1S/C19H13BrN4O2/c20-18-11-6-14(12-19(18)24(25)26)13-21-15-7-9-17(10-8-15)23-22-16-4-2-1-3-5-16/h1-13H. The molecule has 0 atom stereocenters. The van der Waals surface area contributed by atoms with Gasteiger partial charge in [-0.25, -0.2) is 0 Å². The van der Waals surface area contributed by atoms with Crippen LogP contribution >= 0.6 is 15.9 Å². The van der Waals surface area contributed by atoms with Crippen molar-refractivity contribution < 1.29 is 4.92 Å². The number of hydrogen-bond acceptors (Lipinski definition) is 5. The molecular weight excluding hydrogens is 396 g/mol. The fraction of sp³-hybridized carbons (Fsp3) is 0. The molecule has 128 valence electrons. The van der Waals surface area contributed by atoms with Gasteiger partial charge in [-0.2, -0.15) is 10.2 Å². The van der Waals surface area contributed by atoms with Crippen molar-refractivity contribution >= 4 is 44.9 Å². The Morgan fingerprint density at radius 3 is 2.12 bits per heavy atom. The zero-order chi connectivity index (χ0) is 18.4. The summed E-state index contributed by atoms with van der Waals surface area (Å²) in [6.45, 7) is 0. The maximum atomic E-state index is 11.0. The Balaban J connectivity index is 1.71. The molecule has 0 radical (unpaired) electrons. The Hall–Kier alpha value is -3.19. The van der Waals surface area contributed by atoms with Crippen LogP contribution in [0.4, 0.5) is 22.7 Å². The number of nitro benzene ring substituents is 1. The highest BCUT2D eigenvalue weighted by Gasteiger charge is 2.11. The fourth-order valence-corrected chi connectivity index (χ4v) is 2.51. The summed E-state index contributed by atoms with van der Waals surface area (Å²) in [6.07, 6.45) is 1.58. The molecule has 0 spiro atoms. The largest absolute Gasteiger partial charge is 0.284 e. The van der Waals surface area contributed by atoms with Crippen molar-refractivity contribution in [3.8, 4) is 0 Å². The number of aliphatic imine (C=N–C) groups is 1. The van der Waals surface area contributed by atoms with Gasteiger partial charge in [-0.05, 0) is 64.0 Å². The first-order valence-corrected chi connectivity index (χ1v) is 8.46. The van der Waals surface area contributed by atoms with E-state index in [2.05, 4.69) is 31.2 Å². The van der Waals surface area contributed by atoms with Crippen LogP contribution < -0.4 is 0 Å². The molecule has 3 aromatic carbocycles. The number of rotatable bonds is 5. The van der Waals surface area contributed by atoms with E-state index in [0.29, 0.717) is 21.4 Å². The number of nitrogens with zero attached hydrogens (tertiary/aromatic N) is 4. The van der Waals surface area contributed by atoms with Crippen LogP contribution in [0.3, 0.4) is 0 Å². The smallest absolute Gasteiger partial charge is 0.258 e. The minimum absolute atomic E-state index is 0.00521. The second kappa shape index (κ2) is 8.26. The van der Waals surface area contributed by atoms with Crippen LogP contribution in [0.25, 0.3) is 0 Å². The van der Waals surface area contributed by atoms with E-state index in [4.69, 9.17) is 0 Å². The van der Waals surface area contributed by atoms with Gasteiger partial charge in [0.1, 0.15) is 0 Å². The summed E-state index contributed by atoms with van der Waals surface area (Å²) >= 11 is 3.16. The Morgan fingerprint density at radius 1 is 0.846 bits per heavy atom. The molecule has 0 aromatic heterocycles. The molecule has 0 heterocycles. The molecule has 6 nitrogen and oxygen atoms in total. The zero-order valence-electron chi connectivity index (χ0n) is 13.5. The van der Waals surface area contributed by atoms with Gasteiger partial charge in [-0.1, -0.05) is 24.3 Å². The third-order valence-corrected chi connectivity index (χ3v) is 4.09. The third kappa shape index (κ3) is 4.67. The quantitative estimate of drug-likeness (QED) is 0.208. The van der Waals surface area contributed by atoms with E-state index >= 15 is 0 Å². The summed E-state index contributed by atoms with van der Waals surface area (Å²) in [5.41, 5.74) is 2.87. The molecule has 0 aliphatic heterocycles. The van der Waals surface area contributed by atoms with Gasteiger partial charge in [-0.3, -0.25) is 15.1 Å². The Bertz CT molecular complexity index is 971. The Morgan fingerprint density at radius 2 is 1.46 bits per heavy atom. The lowest BCUT2D eigenvalue weighted by Crippen LogP contribution is -1.91. The predicted octanol–water partition coefficient (Wildman–Crippen LogP) is 6.52. The van der Waals surface area contributed by atoms with Crippen molar-refractivity contribution in [2.45, 2.75) is 0 Å². The second-order valence-electron chi connectivity index (χ2n) is 5.28. The van der Waals surface area contributed by atoms with E-state index in [1.54, 1.807) is 18.3 Å². The first-order chi connectivity index (χ1) is 12.6. The van der Waals surface area contributed by atoms with E-state index in [9.17, 15) is 10.1 Å². The van der Waals surface area contributed by atoms with Gasteiger partial charge < -0.3 is 0 Å². The number of hydrogen-bond donors (Lipinski definition) is 0. The summed E-state index contributed by atoms with van der Waals surface area (Å²) in [7, 11) is 0. The fourth-order valence-electron chi connectivity index (χ4n) is 2.11. The number of halogens is 1. The van der Waals surface area contributed by atoms with E-state index in [1.165, 1.54) is 6.07 Å². The van der Waals surface area contributed by atoms with E-state index in [0.717, 1.165) is 5.69 Å². The van der Waals surface area contributed by atoms with Gasteiger partial charge in [-0.15, -0.1) is 0 Å². The minimum atomic E-state index is -0.437. The van der Waals surface area contributed by atoms with Crippen LogP contribution in [0.1, 0.15) is 5.56 Å². The average Bonchev–Trinajstić information content (AvgIpc) is 2.67. The van der Waals surface area contributed by atoms with Gasteiger partial charge in [0.15, 0.2) is 0 Å². The van der Waals surface area contributed by atoms with Crippen molar-refractivity contribution in [2.24, 2.45) is 15.2 Å². The molecule has 0 saturated heterocycles. The van der Waals surface area contributed by atoms with Gasteiger partial charge in [0.25, 0.3) is 5.69 Å². The highest BCUT2D eigenvalue weighted by Crippen LogP contribution is 2.26. The predicted molar refractivity (Wildman–Crippen MR) is 105 cm³/mol. The summed E-state index contributed by atoms with van der Waals surface area (Å²) in [4.78, 5) is 14.9. The van der Waals surface area contributed by atoms with Crippen molar-refractivity contribution in [3.63, 3.8) is 0 Å². The molecule has 0 aliphatic carbocycles. The van der Waals surface area contributed by atoms with Gasteiger partial charge in [0.05, 0.1) is 26.5 Å². The first kappa shape index (κ1) is 17.6. The monoisotopic (exact) mass is 408 g/mol. The molecule has 7 heteroatoms. The molecule has 0 N–H and O–H groups in total. The summed E-state index contributed by atoms with van der Waals surface area (Å²) in [5.74, 6) is 0. The highest BCUT2D eigenvalue weighted by atomic mass is 79.9.